The smallest absolute Gasteiger partial charge is 0.409 e. The molecule has 1 aromatic heterocycles. The third-order valence-electron chi connectivity index (χ3n) is 5.10. The molecule has 1 fully saturated rings. The Labute approximate surface area is 170 Å². The van der Waals surface area contributed by atoms with Crippen molar-refractivity contribution >= 4 is 23.6 Å². The Morgan fingerprint density at radius 3 is 2.69 bits per heavy atom. The number of carbonyl (C=O) groups excluding carboxylic acids is 2. The summed E-state index contributed by atoms with van der Waals surface area (Å²) < 4.78 is 5.02. The van der Waals surface area contributed by atoms with Gasteiger partial charge in [-0.15, -0.1) is 0 Å². The van der Waals surface area contributed by atoms with Crippen LogP contribution in [0.2, 0.25) is 0 Å². The van der Waals surface area contributed by atoms with Crippen molar-refractivity contribution in [1.29, 1.82) is 0 Å². The highest BCUT2D eigenvalue weighted by atomic mass is 16.6. The second-order valence-electron chi connectivity index (χ2n) is 7.07. The van der Waals surface area contributed by atoms with Crippen LogP contribution in [0.15, 0.2) is 30.5 Å². The van der Waals surface area contributed by atoms with E-state index in [2.05, 4.69) is 20.6 Å². The Kier molecular flexibility index (Phi) is 6.64. The molecule has 0 aliphatic carbocycles. The quantitative estimate of drug-likeness (QED) is 0.804. The molecule has 8 heteroatoms. The lowest BCUT2D eigenvalue weighted by Crippen LogP contribution is -2.46. The van der Waals surface area contributed by atoms with E-state index in [1.807, 2.05) is 32.0 Å². The van der Waals surface area contributed by atoms with Crippen LogP contribution in [0, 0.1) is 13.8 Å². The molecule has 29 heavy (non-hydrogen) atoms. The number of ether oxygens (including phenoxy) is 1. The van der Waals surface area contributed by atoms with E-state index >= 15 is 0 Å². The van der Waals surface area contributed by atoms with E-state index in [0.717, 1.165) is 16.8 Å². The third-order valence-corrected chi connectivity index (χ3v) is 5.10. The summed E-state index contributed by atoms with van der Waals surface area (Å²) >= 11 is 0. The zero-order valence-electron chi connectivity index (χ0n) is 17.1. The number of piperidine rings is 1. The summed E-state index contributed by atoms with van der Waals surface area (Å²) in [6, 6.07) is 7.55. The standard InChI is InChI=1S/C21H27N5O3/c1-4-29-21(28)26-12-9-16(10-13-26)23-19(27)18-8-11-22-20(25-18)24-17-7-5-6-14(2)15(17)3/h5-8,11,16H,4,9-10,12-13H2,1-3H3,(H,23,27)(H,22,24,25). The highest BCUT2D eigenvalue weighted by molar-refractivity contribution is 5.92. The van der Waals surface area contributed by atoms with Gasteiger partial charge in [0.1, 0.15) is 5.69 Å². The minimum absolute atomic E-state index is 0.00133. The van der Waals surface area contributed by atoms with Crippen LogP contribution >= 0.6 is 0 Å². The molecule has 0 spiro atoms. The van der Waals surface area contributed by atoms with Gasteiger partial charge in [-0.25, -0.2) is 14.8 Å². The zero-order chi connectivity index (χ0) is 20.8. The van der Waals surface area contributed by atoms with Crippen LogP contribution in [0.4, 0.5) is 16.4 Å². The van der Waals surface area contributed by atoms with E-state index in [4.69, 9.17) is 4.74 Å². The molecule has 2 amide bonds. The molecule has 2 aromatic rings. The number of aromatic nitrogens is 2. The number of carbonyl (C=O) groups is 2. The van der Waals surface area contributed by atoms with Gasteiger partial charge in [-0.2, -0.15) is 0 Å². The normalized spacial score (nSPS) is 14.4. The van der Waals surface area contributed by atoms with Gasteiger partial charge in [-0.05, 0) is 56.9 Å². The fraction of sp³-hybridized carbons (Fsp3) is 0.429. The monoisotopic (exact) mass is 397 g/mol. The molecule has 154 valence electrons. The molecule has 0 atom stereocenters. The van der Waals surface area contributed by atoms with Gasteiger partial charge < -0.3 is 20.3 Å². The first-order chi connectivity index (χ1) is 14.0. The van der Waals surface area contributed by atoms with Crippen LogP contribution in [0.1, 0.15) is 41.4 Å². The van der Waals surface area contributed by atoms with Gasteiger partial charge in [0.25, 0.3) is 5.91 Å². The van der Waals surface area contributed by atoms with Crippen molar-refractivity contribution in [3.63, 3.8) is 0 Å². The van der Waals surface area contributed by atoms with E-state index in [0.29, 0.717) is 44.2 Å². The first kappa shape index (κ1) is 20.6. The lowest BCUT2D eigenvalue weighted by atomic mass is 10.1. The molecule has 0 radical (unpaired) electrons. The van der Waals surface area contributed by atoms with Gasteiger partial charge in [0.05, 0.1) is 6.61 Å². The van der Waals surface area contributed by atoms with Crippen molar-refractivity contribution in [2.75, 3.05) is 25.0 Å². The Morgan fingerprint density at radius 2 is 1.97 bits per heavy atom. The topological polar surface area (TPSA) is 96.5 Å². The number of amides is 2. The molecule has 1 aliphatic heterocycles. The van der Waals surface area contributed by atoms with E-state index in [1.54, 1.807) is 24.1 Å². The van der Waals surface area contributed by atoms with Gasteiger partial charge in [0.2, 0.25) is 5.95 Å². The number of anilines is 2. The maximum atomic E-state index is 12.6. The fourth-order valence-corrected chi connectivity index (χ4v) is 3.23. The molecule has 2 heterocycles. The van der Waals surface area contributed by atoms with Gasteiger partial charge in [0, 0.05) is 31.0 Å². The number of hydrogen-bond donors (Lipinski definition) is 2. The second kappa shape index (κ2) is 9.36. The number of nitrogens with zero attached hydrogens (tertiary/aromatic N) is 3. The summed E-state index contributed by atoms with van der Waals surface area (Å²) in [5.74, 6) is 0.134. The minimum atomic E-state index is -0.296. The number of hydrogen-bond acceptors (Lipinski definition) is 6. The number of nitrogens with one attached hydrogen (secondary N) is 2. The number of benzene rings is 1. The second-order valence-corrected chi connectivity index (χ2v) is 7.07. The van der Waals surface area contributed by atoms with Crippen LogP contribution in [-0.2, 0) is 4.74 Å². The molecule has 1 aliphatic rings. The van der Waals surface area contributed by atoms with E-state index in [9.17, 15) is 9.59 Å². The Balaban J connectivity index is 1.59. The SMILES string of the molecule is CCOC(=O)N1CCC(NC(=O)c2ccnc(Nc3cccc(C)c3C)n2)CC1. The fourth-order valence-electron chi connectivity index (χ4n) is 3.23. The van der Waals surface area contributed by atoms with Crippen LogP contribution in [0.25, 0.3) is 0 Å². The van der Waals surface area contributed by atoms with E-state index in [1.165, 1.54) is 0 Å². The largest absolute Gasteiger partial charge is 0.450 e. The zero-order valence-corrected chi connectivity index (χ0v) is 17.1. The average molecular weight is 397 g/mol. The maximum absolute atomic E-state index is 12.6. The van der Waals surface area contributed by atoms with Crippen molar-refractivity contribution in [3.8, 4) is 0 Å². The van der Waals surface area contributed by atoms with Gasteiger partial charge in [-0.1, -0.05) is 12.1 Å². The third kappa shape index (κ3) is 5.22. The summed E-state index contributed by atoms with van der Waals surface area (Å²) in [4.78, 5) is 34.6. The maximum Gasteiger partial charge on any atom is 0.409 e. The Morgan fingerprint density at radius 1 is 1.21 bits per heavy atom. The Hall–Kier alpha value is -3.16. The number of rotatable bonds is 5. The van der Waals surface area contributed by atoms with Crippen molar-refractivity contribution in [3.05, 3.63) is 47.3 Å². The van der Waals surface area contributed by atoms with Crippen LogP contribution in [0.5, 0.6) is 0 Å². The number of likely N-dealkylation sites (tertiary alicyclic amines) is 1. The minimum Gasteiger partial charge on any atom is -0.450 e. The predicted molar refractivity (Wildman–Crippen MR) is 110 cm³/mol. The molecule has 0 bridgehead atoms. The summed E-state index contributed by atoms with van der Waals surface area (Å²) in [7, 11) is 0. The Bertz CT molecular complexity index is 878. The lowest BCUT2D eigenvalue weighted by Gasteiger charge is -2.31. The molecule has 1 saturated heterocycles. The van der Waals surface area contributed by atoms with Crippen molar-refractivity contribution in [2.24, 2.45) is 0 Å². The lowest BCUT2D eigenvalue weighted by molar-refractivity contribution is 0.0856. The first-order valence-corrected chi connectivity index (χ1v) is 9.86. The average Bonchev–Trinajstić information content (AvgIpc) is 2.72. The summed E-state index contributed by atoms with van der Waals surface area (Å²) in [6.07, 6.45) is 2.64. The number of aryl methyl sites for hydroxylation is 1. The molecule has 0 unspecified atom stereocenters. The molecule has 0 saturated carbocycles. The van der Waals surface area contributed by atoms with Gasteiger partial charge in [-0.3, -0.25) is 4.79 Å². The molecule has 1 aromatic carbocycles. The molecular formula is C21H27N5O3. The molecule has 8 nitrogen and oxygen atoms in total. The van der Waals surface area contributed by atoms with Crippen molar-refractivity contribution in [1.82, 2.24) is 20.2 Å². The van der Waals surface area contributed by atoms with E-state index < -0.39 is 0 Å². The summed E-state index contributed by atoms with van der Waals surface area (Å²) in [6.45, 7) is 7.34. The molecular weight excluding hydrogens is 370 g/mol. The van der Waals surface area contributed by atoms with Crippen LogP contribution < -0.4 is 10.6 Å². The highest BCUT2D eigenvalue weighted by Crippen LogP contribution is 2.21. The van der Waals surface area contributed by atoms with Crippen molar-refractivity contribution in [2.45, 2.75) is 39.7 Å². The van der Waals surface area contributed by atoms with E-state index in [-0.39, 0.29) is 18.0 Å². The first-order valence-electron chi connectivity index (χ1n) is 9.86. The summed E-state index contributed by atoms with van der Waals surface area (Å²) in [5.41, 5.74) is 3.49. The van der Waals surface area contributed by atoms with Crippen LogP contribution in [0.3, 0.4) is 0 Å². The van der Waals surface area contributed by atoms with Crippen molar-refractivity contribution < 1.29 is 14.3 Å². The molecule has 3 rings (SSSR count). The van der Waals surface area contributed by atoms with Gasteiger partial charge in [0.15, 0.2) is 0 Å². The predicted octanol–water partition coefficient (Wildman–Crippen LogP) is 3.19. The van der Waals surface area contributed by atoms with Crippen LogP contribution in [-0.4, -0.2) is 52.6 Å². The highest BCUT2D eigenvalue weighted by Gasteiger charge is 2.25. The van der Waals surface area contributed by atoms with Gasteiger partial charge >= 0.3 is 6.09 Å². The molecule has 2 N–H and O–H groups in total. The summed E-state index contributed by atoms with van der Waals surface area (Å²) in [5, 5.41) is 6.18.